The van der Waals surface area contributed by atoms with Crippen LogP contribution in [0.1, 0.15) is 16.6 Å². The van der Waals surface area contributed by atoms with Crippen LogP contribution in [-0.4, -0.2) is 24.3 Å². The molecule has 0 aliphatic rings. The molecule has 0 unspecified atom stereocenters. The Bertz CT molecular complexity index is 1080. The van der Waals surface area contributed by atoms with Crippen LogP contribution in [0.5, 0.6) is 5.75 Å². The zero-order valence-corrected chi connectivity index (χ0v) is 16.6. The maximum absolute atomic E-state index is 12.9. The van der Waals surface area contributed by atoms with Gasteiger partial charge in [0.15, 0.2) is 6.61 Å². The van der Waals surface area contributed by atoms with Gasteiger partial charge < -0.3 is 10.1 Å². The van der Waals surface area contributed by atoms with Gasteiger partial charge in [-0.15, -0.1) is 11.3 Å². The van der Waals surface area contributed by atoms with E-state index in [2.05, 4.69) is 16.2 Å². The number of hydrazine groups is 1. The fourth-order valence-corrected chi connectivity index (χ4v) is 3.80. The molecule has 0 saturated heterocycles. The predicted molar refractivity (Wildman–Crippen MR) is 109 cm³/mol. The standard InChI is InChI=1S/C19H15ClFN3O4S/c1-10(25)23-24-19(27)18-17(20)14-7-6-13(8-15(14)29-18)28-9-16(26)22-12-4-2-11(21)3-5-12/h2-8H,9H2,1H3,(H,22,26)(H,23,25)(H,24,27). The van der Waals surface area contributed by atoms with E-state index in [4.69, 9.17) is 16.3 Å². The van der Waals surface area contributed by atoms with Gasteiger partial charge in [-0.1, -0.05) is 11.6 Å². The summed E-state index contributed by atoms with van der Waals surface area (Å²) in [6.07, 6.45) is 0. The van der Waals surface area contributed by atoms with Crippen molar-refractivity contribution in [3.63, 3.8) is 0 Å². The number of fused-ring (bicyclic) bond motifs is 1. The molecule has 0 radical (unpaired) electrons. The minimum absolute atomic E-state index is 0.238. The van der Waals surface area contributed by atoms with Crippen LogP contribution in [0.3, 0.4) is 0 Å². The summed E-state index contributed by atoms with van der Waals surface area (Å²) in [6, 6.07) is 10.3. The van der Waals surface area contributed by atoms with Crippen LogP contribution in [-0.2, 0) is 9.59 Å². The normalized spacial score (nSPS) is 10.4. The number of hydrogen-bond acceptors (Lipinski definition) is 5. The van der Waals surface area contributed by atoms with E-state index in [1.807, 2.05) is 0 Å². The van der Waals surface area contributed by atoms with Crippen LogP contribution in [0.25, 0.3) is 10.1 Å². The van der Waals surface area contributed by atoms with Crippen molar-refractivity contribution in [2.75, 3.05) is 11.9 Å². The lowest BCUT2D eigenvalue weighted by molar-refractivity contribution is -0.120. The van der Waals surface area contributed by atoms with E-state index in [0.717, 1.165) is 11.3 Å². The summed E-state index contributed by atoms with van der Waals surface area (Å²) < 4.78 is 19.1. The molecule has 1 heterocycles. The van der Waals surface area contributed by atoms with E-state index in [1.165, 1.54) is 31.2 Å². The molecule has 3 amide bonds. The molecule has 1 aromatic heterocycles. The Labute approximate surface area is 173 Å². The second-order valence-corrected chi connectivity index (χ2v) is 7.31. The number of rotatable bonds is 5. The van der Waals surface area contributed by atoms with Gasteiger partial charge in [0.05, 0.1) is 5.02 Å². The first-order valence-corrected chi connectivity index (χ1v) is 9.50. The van der Waals surface area contributed by atoms with Gasteiger partial charge in [-0.3, -0.25) is 25.2 Å². The van der Waals surface area contributed by atoms with Crippen LogP contribution in [0, 0.1) is 5.82 Å². The molecule has 0 fully saturated rings. The smallest absolute Gasteiger partial charge is 0.281 e. The average Bonchev–Trinajstić information content (AvgIpc) is 3.02. The van der Waals surface area contributed by atoms with Crippen molar-refractivity contribution in [3.05, 3.63) is 58.2 Å². The molecule has 7 nitrogen and oxygen atoms in total. The largest absolute Gasteiger partial charge is 0.484 e. The fraction of sp³-hybridized carbons (Fsp3) is 0.105. The number of thiophene rings is 1. The lowest BCUT2D eigenvalue weighted by atomic mass is 10.2. The maximum Gasteiger partial charge on any atom is 0.281 e. The van der Waals surface area contributed by atoms with E-state index in [9.17, 15) is 18.8 Å². The fourth-order valence-electron chi connectivity index (χ4n) is 2.36. The molecule has 0 spiro atoms. The summed E-state index contributed by atoms with van der Waals surface area (Å²) in [5.41, 5.74) is 4.92. The number of anilines is 1. The van der Waals surface area contributed by atoms with Crippen molar-refractivity contribution in [1.29, 1.82) is 0 Å². The van der Waals surface area contributed by atoms with Gasteiger partial charge in [0.2, 0.25) is 5.91 Å². The first-order chi connectivity index (χ1) is 13.8. The topological polar surface area (TPSA) is 96.5 Å². The Morgan fingerprint density at radius 2 is 1.83 bits per heavy atom. The number of carbonyl (C=O) groups is 3. The van der Waals surface area contributed by atoms with E-state index >= 15 is 0 Å². The SMILES string of the molecule is CC(=O)NNC(=O)c1sc2cc(OCC(=O)Nc3ccc(F)cc3)ccc2c1Cl. The molecule has 3 aromatic rings. The Morgan fingerprint density at radius 1 is 1.10 bits per heavy atom. The molecule has 0 bridgehead atoms. The molecule has 29 heavy (non-hydrogen) atoms. The van der Waals surface area contributed by atoms with Crippen LogP contribution in [0.2, 0.25) is 5.02 Å². The van der Waals surface area contributed by atoms with E-state index in [0.29, 0.717) is 21.5 Å². The van der Waals surface area contributed by atoms with Crippen molar-refractivity contribution in [2.45, 2.75) is 6.92 Å². The molecule has 10 heteroatoms. The lowest BCUT2D eigenvalue weighted by Gasteiger charge is -2.07. The molecular formula is C19H15ClFN3O4S. The maximum atomic E-state index is 12.9. The Kier molecular flexibility index (Phi) is 6.30. The summed E-state index contributed by atoms with van der Waals surface area (Å²) in [5.74, 6) is -1.33. The third-order valence-electron chi connectivity index (χ3n) is 3.66. The molecule has 0 aliphatic heterocycles. The lowest BCUT2D eigenvalue weighted by Crippen LogP contribution is -2.40. The van der Waals surface area contributed by atoms with Gasteiger partial charge in [-0.2, -0.15) is 0 Å². The number of nitrogens with one attached hydrogen (secondary N) is 3. The first kappa shape index (κ1) is 20.6. The zero-order valence-electron chi connectivity index (χ0n) is 15.0. The quantitative estimate of drug-likeness (QED) is 0.534. The summed E-state index contributed by atoms with van der Waals surface area (Å²) in [4.78, 5) is 35.3. The number of halogens is 2. The molecule has 0 aliphatic carbocycles. The van der Waals surface area contributed by atoms with Gasteiger partial charge in [-0.05, 0) is 42.5 Å². The van der Waals surface area contributed by atoms with Crippen LogP contribution in [0.15, 0.2) is 42.5 Å². The molecule has 150 valence electrons. The molecular weight excluding hydrogens is 421 g/mol. The predicted octanol–water partition coefficient (Wildman–Crippen LogP) is 3.49. The third kappa shape index (κ3) is 5.21. The van der Waals surface area contributed by atoms with E-state index < -0.39 is 23.5 Å². The van der Waals surface area contributed by atoms with Gasteiger partial charge in [0, 0.05) is 22.7 Å². The third-order valence-corrected chi connectivity index (χ3v) is 5.31. The summed E-state index contributed by atoms with van der Waals surface area (Å²) in [5, 5.41) is 3.50. The average molecular weight is 436 g/mol. The number of amides is 3. The van der Waals surface area contributed by atoms with Crippen LogP contribution >= 0.6 is 22.9 Å². The highest BCUT2D eigenvalue weighted by atomic mass is 35.5. The first-order valence-electron chi connectivity index (χ1n) is 8.30. The van der Waals surface area contributed by atoms with E-state index in [1.54, 1.807) is 18.2 Å². The molecule has 0 saturated carbocycles. The van der Waals surface area contributed by atoms with E-state index in [-0.39, 0.29) is 16.5 Å². The summed E-state index contributed by atoms with van der Waals surface area (Å²) in [6.45, 7) is 1.01. The van der Waals surface area contributed by atoms with Crippen molar-refractivity contribution in [2.24, 2.45) is 0 Å². The highest BCUT2D eigenvalue weighted by molar-refractivity contribution is 7.21. The zero-order chi connectivity index (χ0) is 21.0. The molecule has 0 atom stereocenters. The minimum atomic E-state index is -0.535. The molecule has 3 rings (SSSR count). The van der Waals surface area contributed by atoms with Crippen molar-refractivity contribution in [3.8, 4) is 5.75 Å². The number of carbonyl (C=O) groups excluding carboxylic acids is 3. The summed E-state index contributed by atoms with van der Waals surface area (Å²) in [7, 11) is 0. The molecule has 3 N–H and O–H groups in total. The van der Waals surface area contributed by atoms with Gasteiger partial charge in [0.1, 0.15) is 16.4 Å². The highest BCUT2D eigenvalue weighted by Gasteiger charge is 2.18. The number of hydrogen-bond donors (Lipinski definition) is 3. The molecule has 2 aromatic carbocycles. The van der Waals surface area contributed by atoms with Crippen molar-refractivity contribution < 1.29 is 23.5 Å². The highest BCUT2D eigenvalue weighted by Crippen LogP contribution is 2.37. The second kappa shape index (κ2) is 8.89. The Hall–Kier alpha value is -3.17. The van der Waals surface area contributed by atoms with Gasteiger partial charge >= 0.3 is 0 Å². The van der Waals surface area contributed by atoms with Gasteiger partial charge in [0.25, 0.3) is 11.8 Å². The van der Waals surface area contributed by atoms with Crippen molar-refractivity contribution in [1.82, 2.24) is 10.9 Å². The monoisotopic (exact) mass is 435 g/mol. The minimum Gasteiger partial charge on any atom is -0.484 e. The number of ether oxygens (including phenoxy) is 1. The second-order valence-electron chi connectivity index (χ2n) is 5.88. The summed E-state index contributed by atoms with van der Waals surface area (Å²) >= 11 is 7.38. The number of benzene rings is 2. The van der Waals surface area contributed by atoms with Crippen LogP contribution in [0.4, 0.5) is 10.1 Å². The van der Waals surface area contributed by atoms with Crippen molar-refractivity contribution >= 4 is 56.4 Å². The Morgan fingerprint density at radius 3 is 2.52 bits per heavy atom. The van der Waals surface area contributed by atoms with Crippen LogP contribution < -0.4 is 20.9 Å². The van der Waals surface area contributed by atoms with Gasteiger partial charge in [-0.25, -0.2) is 4.39 Å². The Balaban J connectivity index is 1.66.